The van der Waals surface area contributed by atoms with Crippen LogP contribution in [-0.2, 0) is 69.3 Å². The Labute approximate surface area is 301 Å². The third-order valence-electron chi connectivity index (χ3n) is 10.1. The number of amides is 2. The Kier molecular flexibility index (Phi) is 9.76. The molecule has 2 heterocycles. The molecule has 4 atom stereocenters. The Bertz CT molecular complexity index is 1770. The van der Waals surface area contributed by atoms with E-state index in [0.29, 0.717) is 23.3 Å². The molecule has 16 nitrogen and oxygen atoms in total. The maximum Gasteiger partial charge on any atom is 0.307 e. The molecule has 0 unspecified atom stereocenters. The van der Waals surface area contributed by atoms with Gasteiger partial charge in [-0.3, -0.25) is 34.2 Å². The number of esters is 3. The maximum absolute atomic E-state index is 14.3. The minimum Gasteiger partial charge on any atom is -0.496 e. The number of hydrogen-bond acceptors (Lipinski definition) is 15. The minimum atomic E-state index is -2.42. The highest BCUT2D eigenvalue weighted by atomic mass is 16.8. The van der Waals surface area contributed by atoms with E-state index >= 15 is 0 Å². The van der Waals surface area contributed by atoms with Crippen molar-refractivity contribution in [3.05, 3.63) is 45.9 Å². The molecule has 16 heteroatoms. The van der Waals surface area contributed by atoms with E-state index < -0.39 is 70.3 Å². The van der Waals surface area contributed by atoms with E-state index in [9.17, 15) is 24.0 Å². The minimum absolute atomic E-state index is 0.125. The van der Waals surface area contributed by atoms with Crippen LogP contribution in [0.25, 0.3) is 0 Å². The van der Waals surface area contributed by atoms with Crippen LogP contribution in [0.5, 0.6) is 5.75 Å². The predicted molar refractivity (Wildman–Crippen MR) is 179 cm³/mol. The molecule has 1 aromatic rings. The van der Waals surface area contributed by atoms with Crippen LogP contribution < -0.4 is 15.0 Å². The highest BCUT2D eigenvalue weighted by Gasteiger charge is 2.78. The molecular formula is C36H45N3O13. The zero-order valence-corrected chi connectivity index (χ0v) is 30.8. The van der Waals surface area contributed by atoms with Crippen LogP contribution in [0.1, 0.15) is 45.2 Å². The number of ether oxygens (including phenoxy) is 8. The first-order chi connectivity index (χ1) is 24.6. The van der Waals surface area contributed by atoms with Crippen molar-refractivity contribution in [2.24, 2.45) is 11.8 Å². The number of benzene rings is 1. The number of nitrogens with one attached hydrogen (secondary N) is 1. The lowest BCUT2D eigenvalue weighted by Gasteiger charge is -2.60. The molecule has 2 fully saturated rings. The van der Waals surface area contributed by atoms with E-state index in [4.69, 9.17) is 37.9 Å². The Balaban J connectivity index is 1.83. The molecule has 282 valence electrons. The summed E-state index contributed by atoms with van der Waals surface area (Å²) in [7, 11) is 8.75. The van der Waals surface area contributed by atoms with Crippen LogP contribution in [0.4, 0.5) is 5.69 Å². The summed E-state index contributed by atoms with van der Waals surface area (Å²) in [5.41, 5.74) is -0.131. The molecule has 1 aromatic carbocycles. The fourth-order valence-corrected chi connectivity index (χ4v) is 8.84. The van der Waals surface area contributed by atoms with Gasteiger partial charge in [-0.15, -0.1) is 0 Å². The monoisotopic (exact) mass is 727 g/mol. The summed E-state index contributed by atoms with van der Waals surface area (Å²) < 4.78 is 50.6. The summed E-state index contributed by atoms with van der Waals surface area (Å²) >= 11 is 0. The molecular weight excluding hydrogens is 682 g/mol. The summed E-state index contributed by atoms with van der Waals surface area (Å²) in [6, 6.07) is 2.71. The van der Waals surface area contributed by atoms with Crippen molar-refractivity contribution in [1.82, 2.24) is 10.2 Å². The Morgan fingerprint density at radius 1 is 0.846 bits per heavy atom. The van der Waals surface area contributed by atoms with E-state index in [1.807, 2.05) is 25.1 Å². The number of likely N-dealkylation sites (N-methyl/N-ethyl adjacent to an activating group) is 1. The lowest BCUT2D eigenvalue weighted by molar-refractivity contribution is -0.289. The first-order valence-electron chi connectivity index (χ1n) is 17.0. The standard InChI is InChI=1S/C36H45N3O13/c1-18(40)37-33(44)29-31(50-19(2)41)30(39(7)8)24-17-22-16-23-25(38(5)6)10-11-26(45-9)28(23)35(46-12-13-47-35)27(22)32(51-20(3)42)34(24,52-21(4)43)36(29)48-14-15-49-36/h10-11,22,24,30H,12-17H2,1-9H3,(H,37,40,44)/t22-,24-,30-,34-/m0/s1. The van der Waals surface area contributed by atoms with Gasteiger partial charge in [0.1, 0.15) is 17.1 Å². The van der Waals surface area contributed by atoms with Crippen molar-refractivity contribution in [2.75, 3.05) is 66.6 Å². The first kappa shape index (κ1) is 37.4. The summed E-state index contributed by atoms with van der Waals surface area (Å²) in [6.45, 7) is 4.70. The van der Waals surface area contributed by atoms with Gasteiger partial charge in [-0.2, -0.15) is 0 Å². The molecule has 6 rings (SSSR count). The van der Waals surface area contributed by atoms with Crippen LogP contribution in [0.2, 0.25) is 0 Å². The molecule has 2 saturated heterocycles. The third kappa shape index (κ3) is 5.50. The van der Waals surface area contributed by atoms with Gasteiger partial charge in [-0.1, -0.05) is 0 Å². The van der Waals surface area contributed by atoms with Crippen LogP contribution >= 0.6 is 0 Å². The van der Waals surface area contributed by atoms with Gasteiger partial charge in [0.05, 0.1) is 45.1 Å². The SMILES string of the molecule is COc1ccc(N(C)C)c2c1C1(OCCO1)C1=C(OC(C)=O)[C@@]3(OC(C)=O)[C@@H](C[C@@H]1C2)[C@H](N(C)C)C(OC(C)=O)=C(C(=O)NC(C)=O)C31OCCO1. The van der Waals surface area contributed by atoms with Crippen molar-refractivity contribution in [1.29, 1.82) is 0 Å². The van der Waals surface area contributed by atoms with Gasteiger partial charge < -0.3 is 42.8 Å². The fourth-order valence-electron chi connectivity index (χ4n) is 8.84. The molecule has 3 aliphatic carbocycles. The number of nitrogens with zero attached hydrogens (tertiary/aromatic N) is 2. The summed E-state index contributed by atoms with van der Waals surface area (Å²) in [5.74, 6) is -9.77. The molecule has 2 amide bonds. The molecule has 2 spiro atoms. The normalized spacial score (nSPS) is 26.8. The van der Waals surface area contributed by atoms with Gasteiger partial charge in [-0.25, -0.2) is 0 Å². The molecule has 0 bridgehead atoms. The second-order valence-corrected chi connectivity index (χ2v) is 13.8. The van der Waals surface area contributed by atoms with E-state index in [2.05, 4.69) is 5.32 Å². The average Bonchev–Trinajstić information content (AvgIpc) is 3.72. The quantitative estimate of drug-likeness (QED) is 0.315. The number of carbonyl (C=O) groups excluding carboxylic acids is 5. The van der Waals surface area contributed by atoms with Gasteiger partial charge in [0.2, 0.25) is 17.3 Å². The van der Waals surface area contributed by atoms with Gasteiger partial charge in [0.15, 0.2) is 5.76 Å². The highest BCUT2D eigenvalue weighted by molar-refractivity contribution is 6.06. The topological polar surface area (TPSA) is 178 Å². The number of anilines is 1. The van der Waals surface area contributed by atoms with Crippen LogP contribution in [-0.4, -0.2) is 114 Å². The number of rotatable bonds is 7. The van der Waals surface area contributed by atoms with Gasteiger partial charge >= 0.3 is 17.9 Å². The molecule has 0 radical (unpaired) electrons. The Morgan fingerprint density at radius 2 is 1.46 bits per heavy atom. The number of fused-ring (bicyclic) bond motifs is 6. The van der Waals surface area contributed by atoms with Gasteiger partial charge in [0, 0.05) is 59.0 Å². The number of methoxy groups -OCH3 is 1. The van der Waals surface area contributed by atoms with Crippen molar-refractivity contribution in [3.63, 3.8) is 0 Å². The maximum atomic E-state index is 14.3. The van der Waals surface area contributed by atoms with E-state index in [1.165, 1.54) is 27.9 Å². The number of carbonyl (C=O) groups is 5. The van der Waals surface area contributed by atoms with E-state index in [1.54, 1.807) is 25.1 Å². The van der Waals surface area contributed by atoms with Crippen molar-refractivity contribution in [2.45, 2.75) is 63.8 Å². The molecule has 0 aromatic heterocycles. The second kappa shape index (κ2) is 13.6. The average molecular weight is 728 g/mol. The highest BCUT2D eigenvalue weighted by Crippen LogP contribution is 2.66. The third-order valence-corrected chi connectivity index (χ3v) is 10.1. The summed E-state index contributed by atoms with van der Waals surface area (Å²) in [6.07, 6.45) is 0.523. The molecule has 1 N–H and O–H groups in total. The number of imide groups is 1. The van der Waals surface area contributed by atoms with Crippen molar-refractivity contribution < 1.29 is 61.9 Å². The molecule has 52 heavy (non-hydrogen) atoms. The van der Waals surface area contributed by atoms with E-state index in [0.717, 1.165) is 18.2 Å². The fraction of sp³-hybridized carbons (Fsp3) is 0.583. The zero-order chi connectivity index (χ0) is 37.9. The lowest BCUT2D eigenvalue weighted by atomic mass is 9.55. The Morgan fingerprint density at radius 3 is 1.98 bits per heavy atom. The molecule has 0 saturated carbocycles. The van der Waals surface area contributed by atoms with Crippen molar-refractivity contribution in [3.8, 4) is 5.75 Å². The summed E-state index contributed by atoms with van der Waals surface area (Å²) in [4.78, 5) is 70.2. The van der Waals surface area contributed by atoms with Crippen LogP contribution in [0.3, 0.4) is 0 Å². The van der Waals surface area contributed by atoms with Gasteiger partial charge in [0.25, 0.3) is 11.7 Å². The van der Waals surface area contributed by atoms with E-state index in [-0.39, 0.29) is 44.4 Å². The van der Waals surface area contributed by atoms with Crippen molar-refractivity contribution >= 4 is 35.4 Å². The largest absolute Gasteiger partial charge is 0.496 e. The van der Waals surface area contributed by atoms with Crippen LogP contribution in [0, 0.1) is 11.8 Å². The lowest BCUT2D eigenvalue weighted by Crippen LogP contribution is -2.74. The summed E-state index contributed by atoms with van der Waals surface area (Å²) in [5, 5.41) is 2.26. The zero-order valence-electron chi connectivity index (χ0n) is 30.8. The smallest absolute Gasteiger partial charge is 0.307 e. The number of hydrogen-bond donors (Lipinski definition) is 1. The Hall–Kier alpha value is -4.35. The van der Waals surface area contributed by atoms with Crippen LogP contribution in [0.15, 0.2) is 34.8 Å². The predicted octanol–water partition coefficient (Wildman–Crippen LogP) is 1.44. The second-order valence-electron chi connectivity index (χ2n) is 13.8. The van der Waals surface area contributed by atoms with Gasteiger partial charge in [-0.05, 0) is 50.6 Å². The molecule has 5 aliphatic rings. The first-order valence-corrected chi connectivity index (χ1v) is 17.0. The molecule has 2 aliphatic heterocycles.